The van der Waals surface area contributed by atoms with Crippen molar-refractivity contribution in [1.29, 1.82) is 0 Å². The van der Waals surface area contributed by atoms with E-state index in [9.17, 15) is 0 Å². The molecule has 0 fully saturated rings. The molecule has 110 valence electrons. The molecule has 2 heteroatoms. The number of para-hydroxylation sites is 1. The van der Waals surface area contributed by atoms with Gasteiger partial charge >= 0.3 is 0 Å². The molecule has 1 aliphatic heterocycles. The standard InChI is InChI=1S/C19H23NO/c1-15(16-7-3-2-4-8-16)11-13-20-18-12-14-21-19-10-6-5-9-17(18)19/h2-10,15,18,20H,11-14H2,1H3. The lowest BCUT2D eigenvalue weighted by molar-refractivity contribution is 0.252. The van der Waals surface area contributed by atoms with Gasteiger partial charge in [-0.3, -0.25) is 0 Å². The maximum absolute atomic E-state index is 5.71. The van der Waals surface area contributed by atoms with Crippen molar-refractivity contribution in [2.75, 3.05) is 13.2 Å². The van der Waals surface area contributed by atoms with Crippen molar-refractivity contribution >= 4 is 0 Å². The van der Waals surface area contributed by atoms with Crippen molar-refractivity contribution < 1.29 is 4.74 Å². The number of ether oxygens (including phenoxy) is 1. The molecular weight excluding hydrogens is 258 g/mol. The Labute approximate surface area is 127 Å². The van der Waals surface area contributed by atoms with Crippen molar-refractivity contribution in [2.45, 2.75) is 31.7 Å². The first-order chi connectivity index (χ1) is 10.3. The minimum Gasteiger partial charge on any atom is -0.493 e. The summed E-state index contributed by atoms with van der Waals surface area (Å²) in [5, 5.41) is 3.70. The lowest BCUT2D eigenvalue weighted by Crippen LogP contribution is -2.28. The molecule has 2 unspecified atom stereocenters. The van der Waals surface area contributed by atoms with Gasteiger partial charge in [0.05, 0.1) is 6.61 Å². The smallest absolute Gasteiger partial charge is 0.124 e. The van der Waals surface area contributed by atoms with Crippen LogP contribution in [0.2, 0.25) is 0 Å². The molecule has 0 aliphatic carbocycles. The van der Waals surface area contributed by atoms with Gasteiger partial charge in [-0.25, -0.2) is 0 Å². The molecule has 21 heavy (non-hydrogen) atoms. The molecule has 2 nitrogen and oxygen atoms in total. The molecular formula is C19H23NO. The molecule has 2 atom stereocenters. The predicted molar refractivity (Wildman–Crippen MR) is 86.8 cm³/mol. The highest BCUT2D eigenvalue weighted by Gasteiger charge is 2.20. The first-order valence-electron chi connectivity index (χ1n) is 7.84. The minimum atomic E-state index is 0.429. The number of rotatable bonds is 5. The molecule has 0 bridgehead atoms. The Morgan fingerprint density at radius 3 is 2.71 bits per heavy atom. The number of fused-ring (bicyclic) bond motifs is 1. The summed E-state index contributed by atoms with van der Waals surface area (Å²) < 4.78 is 5.71. The van der Waals surface area contributed by atoms with Crippen molar-refractivity contribution in [2.24, 2.45) is 0 Å². The molecule has 1 heterocycles. The third-order valence-electron chi connectivity index (χ3n) is 4.30. The van der Waals surface area contributed by atoms with Crippen LogP contribution in [-0.4, -0.2) is 13.2 Å². The van der Waals surface area contributed by atoms with Crippen LogP contribution >= 0.6 is 0 Å². The molecule has 0 amide bonds. The first kappa shape index (κ1) is 14.2. The largest absolute Gasteiger partial charge is 0.493 e. The monoisotopic (exact) mass is 281 g/mol. The molecule has 2 aromatic carbocycles. The molecule has 0 saturated heterocycles. The molecule has 2 aromatic rings. The van der Waals surface area contributed by atoms with E-state index in [0.29, 0.717) is 12.0 Å². The number of hydrogen-bond donors (Lipinski definition) is 1. The van der Waals surface area contributed by atoms with E-state index >= 15 is 0 Å². The van der Waals surface area contributed by atoms with Gasteiger partial charge in [-0.15, -0.1) is 0 Å². The van der Waals surface area contributed by atoms with E-state index in [1.54, 1.807) is 0 Å². The van der Waals surface area contributed by atoms with Gasteiger partial charge in [0.2, 0.25) is 0 Å². The zero-order valence-electron chi connectivity index (χ0n) is 12.6. The van der Waals surface area contributed by atoms with Crippen LogP contribution in [0.1, 0.15) is 42.9 Å². The maximum atomic E-state index is 5.71. The van der Waals surface area contributed by atoms with Gasteiger partial charge in [0.15, 0.2) is 0 Å². The molecule has 1 aliphatic rings. The number of benzene rings is 2. The van der Waals surface area contributed by atoms with E-state index in [0.717, 1.165) is 31.7 Å². The summed E-state index contributed by atoms with van der Waals surface area (Å²) in [6.07, 6.45) is 2.21. The zero-order valence-corrected chi connectivity index (χ0v) is 12.6. The van der Waals surface area contributed by atoms with Gasteiger partial charge in [0.25, 0.3) is 0 Å². The summed E-state index contributed by atoms with van der Waals surface area (Å²) in [5.41, 5.74) is 2.72. The summed E-state index contributed by atoms with van der Waals surface area (Å²) in [7, 11) is 0. The Bertz CT molecular complexity index is 567. The fourth-order valence-electron chi connectivity index (χ4n) is 2.98. The first-order valence-corrected chi connectivity index (χ1v) is 7.84. The topological polar surface area (TPSA) is 21.3 Å². The van der Waals surface area contributed by atoms with Crippen LogP contribution in [0.15, 0.2) is 54.6 Å². The highest BCUT2D eigenvalue weighted by molar-refractivity contribution is 5.37. The molecule has 0 spiro atoms. The lowest BCUT2D eigenvalue weighted by Gasteiger charge is -2.27. The normalized spacial score (nSPS) is 18.6. The van der Waals surface area contributed by atoms with E-state index in [1.165, 1.54) is 11.1 Å². The Morgan fingerprint density at radius 2 is 1.86 bits per heavy atom. The summed E-state index contributed by atoms with van der Waals surface area (Å²) in [5.74, 6) is 1.63. The quantitative estimate of drug-likeness (QED) is 0.882. The molecule has 3 rings (SSSR count). The molecule has 0 radical (unpaired) electrons. The van der Waals surface area contributed by atoms with E-state index < -0.39 is 0 Å². The van der Waals surface area contributed by atoms with Gasteiger partial charge < -0.3 is 10.1 Å². The Hall–Kier alpha value is -1.80. The van der Waals surface area contributed by atoms with Gasteiger partial charge in [-0.2, -0.15) is 0 Å². The fourth-order valence-corrected chi connectivity index (χ4v) is 2.98. The van der Waals surface area contributed by atoms with E-state index in [-0.39, 0.29) is 0 Å². The second-order valence-corrected chi connectivity index (χ2v) is 5.78. The van der Waals surface area contributed by atoms with Crippen molar-refractivity contribution in [3.05, 3.63) is 65.7 Å². The average molecular weight is 281 g/mol. The summed E-state index contributed by atoms with van der Waals surface area (Å²) in [6.45, 7) is 4.15. The third-order valence-corrected chi connectivity index (χ3v) is 4.30. The zero-order chi connectivity index (χ0) is 14.5. The lowest BCUT2D eigenvalue weighted by atomic mass is 9.96. The van der Waals surface area contributed by atoms with Crippen LogP contribution in [0.4, 0.5) is 0 Å². The summed E-state index contributed by atoms with van der Waals surface area (Å²) in [6, 6.07) is 19.5. The minimum absolute atomic E-state index is 0.429. The SMILES string of the molecule is CC(CCNC1CCOc2ccccc21)c1ccccc1. The van der Waals surface area contributed by atoms with Crippen LogP contribution in [0.5, 0.6) is 5.75 Å². The van der Waals surface area contributed by atoms with Crippen LogP contribution < -0.4 is 10.1 Å². The van der Waals surface area contributed by atoms with Crippen molar-refractivity contribution in [3.63, 3.8) is 0 Å². The highest BCUT2D eigenvalue weighted by atomic mass is 16.5. The molecule has 0 saturated carbocycles. The average Bonchev–Trinajstić information content (AvgIpc) is 2.56. The Kier molecular flexibility index (Phi) is 4.56. The third kappa shape index (κ3) is 3.45. The number of nitrogens with one attached hydrogen (secondary N) is 1. The summed E-state index contributed by atoms with van der Waals surface area (Å²) in [4.78, 5) is 0. The molecule has 0 aromatic heterocycles. The van der Waals surface area contributed by atoms with Gasteiger partial charge in [-0.05, 0) is 30.5 Å². The maximum Gasteiger partial charge on any atom is 0.124 e. The Balaban J connectivity index is 1.55. The predicted octanol–water partition coefficient (Wildman–Crippen LogP) is 4.29. The Morgan fingerprint density at radius 1 is 1.10 bits per heavy atom. The van der Waals surface area contributed by atoms with Crippen LogP contribution in [0.25, 0.3) is 0 Å². The van der Waals surface area contributed by atoms with Gasteiger partial charge in [0.1, 0.15) is 5.75 Å². The second kappa shape index (κ2) is 6.77. The summed E-state index contributed by atoms with van der Waals surface area (Å²) >= 11 is 0. The number of hydrogen-bond acceptors (Lipinski definition) is 2. The van der Waals surface area contributed by atoms with Crippen LogP contribution in [-0.2, 0) is 0 Å². The van der Waals surface area contributed by atoms with Crippen molar-refractivity contribution in [1.82, 2.24) is 5.32 Å². The van der Waals surface area contributed by atoms with E-state index in [2.05, 4.69) is 60.8 Å². The van der Waals surface area contributed by atoms with Crippen LogP contribution in [0.3, 0.4) is 0 Å². The molecule has 1 N–H and O–H groups in total. The second-order valence-electron chi connectivity index (χ2n) is 5.78. The van der Waals surface area contributed by atoms with Gasteiger partial charge in [0, 0.05) is 18.0 Å². The van der Waals surface area contributed by atoms with E-state index in [4.69, 9.17) is 4.74 Å². The van der Waals surface area contributed by atoms with Crippen LogP contribution in [0, 0.1) is 0 Å². The fraction of sp³-hybridized carbons (Fsp3) is 0.368. The van der Waals surface area contributed by atoms with E-state index in [1.807, 2.05) is 6.07 Å². The highest BCUT2D eigenvalue weighted by Crippen LogP contribution is 2.31. The van der Waals surface area contributed by atoms with Crippen molar-refractivity contribution in [3.8, 4) is 5.75 Å². The van der Waals surface area contributed by atoms with Gasteiger partial charge in [-0.1, -0.05) is 55.5 Å².